The fraction of sp³-hybridized carbons (Fsp3) is 0.222. The lowest BCUT2D eigenvalue weighted by Gasteiger charge is -2.28. The summed E-state index contributed by atoms with van der Waals surface area (Å²) < 4.78 is 10.5. The summed E-state index contributed by atoms with van der Waals surface area (Å²) in [6, 6.07) is 9.11. The van der Waals surface area contributed by atoms with E-state index in [1.54, 1.807) is 36.4 Å². The van der Waals surface area contributed by atoms with Gasteiger partial charge in [-0.25, -0.2) is 9.69 Å². The molecule has 26 heavy (non-hydrogen) atoms. The molecule has 8 heteroatoms. The first-order chi connectivity index (χ1) is 12.6. The Bertz CT molecular complexity index is 827. The minimum absolute atomic E-state index is 0.195. The van der Waals surface area contributed by atoms with Gasteiger partial charge in [-0.1, -0.05) is 0 Å². The highest BCUT2D eigenvalue weighted by Crippen LogP contribution is 2.23. The Labute approximate surface area is 149 Å². The van der Waals surface area contributed by atoms with Gasteiger partial charge in [0.15, 0.2) is 5.92 Å². The highest BCUT2D eigenvalue weighted by molar-refractivity contribution is 6.32. The monoisotopic (exact) mass is 355 g/mol. The van der Waals surface area contributed by atoms with Crippen LogP contribution in [0.15, 0.2) is 52.1 Å². The number of nitrogens with one attached hydrogen (secondary N) is 1. The molecule has 134 valence electrons. The number of imide groups is 2. The lowest BCUT2D eigenvalue weighted by molar-refractivity contribution is -0.131. The molecule has 1 saturated heterocycles. The van der Waals surface area contributed by atoms with Crippen LogP contribution >= 0.6 is 0 Å². The molecule has 0 radical (unpaired) electrons. The van der Waals surface area contributed by atoms with Gasteiger partial charge in [0.05, 0.1) is 25.1 Å². The smallest absolute Gasteiger partial charge is 0.335 e. The van der Waals surface area contributed by atoms with Gasteiger partial charge in [0.1, 0.15) is 11.5 Å². The van der Waals surface area contributed by atoms with Crippen LogP contribution in [0.4, 0.5) is 10.5 Å². The van der Waals surface area contributed by atoms with Crippen molar-refractivity contribution < 1.29 is 23.5 Å². The Hall–Kier alpha value is -3.42. The minimum Gasteiger partial charge on any atom is -0.494 e. The molecule has 0 spiro atoms. The van der Waals surface area contributed by atoms with Crippen molar-refractivity contribution in [2.45, 2.75) is 13.5 Å². The molecule has 1 aliphatic rings. The van der Waals surface area contributed by atoms with E-state index in [-0.39, 0.29) is 6.54 Å². The molecule has 1 aliphatic heterocycles. The SMILES string of the molecule is CCOc1ccc(N2C(=O)NC(=O)[C@H](C=NCc3ccco3)C2=O)cc1. The van der Waals surface area contributed by atoms with E-state index in [2.05, 4.69) is 10.3 Å². The zero-order valence-corrected chi connectivity index (χ0v) is 14.0. The largest absolute Gasteiger partial charge is 0.494 e. The second kappa shape index (κ2) is 7.64. The molecule has 0 bridgehead atoms. The molecule has 4 amide bonds. The normalized spacial score (nSPS) is 17.7. The maximum atomic E-state index is 12.6. The Kier molecular flexibility index (Phi) is 5.12. The standard InChI is InChI=1S/C18H17N3O5/c1-2-25-13-7-5-12(6-8-13)21-17(23)15(16(22)20-18(21)24)11-19-10-14-4-3-9-26-14/h3-9,11,15H,2,10H2,1H3,(H,20,22,24)/t15-/m0/s1. The van der Waals surface area contributed by atoms with Gasteiger partial charge in [-0.05, 0) is 43.3 Å². The molecule has 3 rings (SSSR count). The molecule has 2 aromatic rings. The van der Waals surface area contributed by atoms with Crippen molar-refractivity contribution in [3.8, 4) is 5.75 Å². The molecule has 1 aromatic carbocycles. The van der Waals surface area contributed by atoms with Crippen LogP contribution < -0.4 is 15.0 Å². The number of carbonyl (C=O) groups is 3. The number of hydrogen-bond donors (Lipinski definition) is 1. The molecule has 1 fully saturated rings. The summed E-state index contributed by atoms with van der Waals surface area (Å²) in [6.07, 6.45) is 2.74. The Morgan fingerprint density at radius 2 is 2.00 bits per heavy atom. The van der Waals surface area contributed by atoms with E-state index >= 15 is 0 Å². The number of ether oxygens (including phenoxy) is 1. The molecular weight excluding hydrogens is 338 g/mol. The summed E-state index contributed by atoms with van der Waals surface area (Å²) in [5.41, 5.74) is 0.341. The van der Waals surface area contributed by atoms with E-state index < -0.39 is 23.8 Å². The first kappa shape index (κ1) is 17.4. The van der Waals surface area contributed by atoms with Crippen LogP contribution in [0.25, 0.3) is 0 Å². The van der Waals surface area contributed by atoms with Gasteiger partial charge in [-0.3, -0.25) is 19.9 Å². The van der Waals surface area contributed by atoms with Crippen molar-refractivity contribution >= 4 is 29.7 Å². The number of barbiturate groups is 1. The molecule has 8 nitrogen and oxygen atoms in total. The van der Waals surface area contributed by atoms with Crippen molar-refractivity contribution in [3.05, 3.63) is 48.4 Å². The van der Waals surface area contributed by atoms with E-state index in [1.165, 1.54) is 12.5 Å². The average Bonchev–Trinajstić information content (AvgIpc) is 3.13. The van der Waals surface area contributed by atoms with E-state index in [1.807, 2.05) is 6.92 Å². The van der Waals surface area contributed by atoms with Gasteiger partial charge in [0.2, 0.25) is 5.91 Å². The average molecular weight is 355 g/mol. The topological polar surface area (TPSA) is 101 Å². The number of urea groups is 1. The molecule has 1 atom stereocenters. The summed E-state index contributed by atoms with van der Waals surface area (Å²) in [4.78, 5) is 41.8. The van der Waals surface area contributed by atoms with Gasteiger partial charge in [-0.2, -0.15) is 0 Å². The van der Waals surface area contributed by atoms with Crippen molar-refractivity contribution in [1.82, 2.24) is 5.32 Å². The van der Waals surface area contributed by atoms with Crippen LogP contribution in [0.1, 0.15) is 12.7 Å². The highest BCUT2D eigenvalue weighted by atomic mass is 16.5. The summed E-state index contributed by atoms with van der Waals surface area (Å²) in [7, 11) is 0. The van der Waals surface area contributed by atoms with Gasteiger partial charge >= 0.3 is 6.03 Å². The number of amides is 4. The van der Waals surface area contributed by atoms with E-state index in [0.717, 1.165) is 4.90 Å². The van der Waals surface area contributed by atoms with Gasteiger partial charge in [-0.15, -0.1) is 0 Å². The maximum absolute atomic E-state index is 12.6. The van der Waals surface area contributed by atoms with E-state index in [0.29, 0.717) is 23.8 Å². The third-order valence-electron chi connectivity index (χ3n) is 3.69. The van der Waals surface area contributed by atoms with Crippen LogP contribution in [-0.4, -0.2) is 30.7 Å². The van der Waals surface area contributed by atoms with Gasteiger partial charge in [0.25, 0.3) is 5.91 Å². The molecule has 1 aromatic heterocycles. The number of furan rings is 1. The number of nitrogens with zero attached hydrogens (tertiary/aromatic N) is 2. The molecule has 0 unspecified atom stereocenters. The number of hydrogen-bond acceptors (Lipinski definition) is 6. The number of anilines is 1. The second-order valence-corrected chi connectivity index (χ2v) is 5.44. The predicted octanol–water partition coefficient (Wildman–Crippen LogP) is 2.15. The lowest BCUT2D eigenvalue weighted by Crippen LogP contribution is -2.58. The van der Waals surface area contributed by atoms with Gasteiger partial charge < -0.3 is 9.15 Å². The van der Waals surface area contributed by atoms with Crippen LogP contribution in [0.2, 0.25) is 0 Å². The highest BCUT2D eigenvalue weighted by Gasteiger charge is 2.40. The molecule has 0 saturated carbocycles. The molecule has 2 heterocycles. The summed E-state index contributed by atoms with van der Waals surface area (Å²) in [5.74, 6) is -1.33. The zero-order chi connectivity index (χ0) is 18.5. The van der Waals surface area contributed by atoms with Crippen LogP contribution in [0.3, 0.4) is 0 Å². The first-order valence-corrected chi connectivity index (χ1v) is 8.04. The predicted molar refractivity (Wildman–Crippen MR) is 93.0 cm³/mol. The maximum Gasteiger partial charge on any atom is 0.335 e. The third kappa shape index (κ3) is 3.64. The Morgan fingerprint density at radius 3 is 2.65 bits per heavy atom. The first-order valence-electron chi connectivity index (χ1n) is 8.04. The summed E-state index contributed by atoms with van der Waals surface area (Å²) in [5, 5.41) is 2.17. The Morgan fingerprint density at radius 1 is 1.23 bits per heavy atom. The molecule has 0 aliphatic carbocycles. The minimum atomic E-state index is -1.19. The van der Waals surface area contributed by atoms with Crippen molar-refractivity contribution in [3.63, 3.8) is 0 Å². The second-order valence-electron chi connectivity index (χ2n) is 5.44. The molecular formula is C18H17N3O5. The lowest BCUT2D eigenvalue weighted by atomic mass is 10.1. The van der Waals surface area contributed by atoms with Crippen LogP contribution in [0, 0.1) is 5.92 Å². The molecule has 1 N–H and O–H groups in total. The van der Waals surface area contributed by atoms with Crippen molar-refractivity contribution in [1.29, 1.82) is 0 Å². The zero-order valence-electron chi connectivity index (χ0n) is 14.0. The van der Waals surface area contributed by atoms with Crippen molar-refractivity contribution in [2.24, 2.45) is 10.9 Å². The quantitative estimate of drug-likeness (QED) is 0.632. The fourth-order valence-electron chi connectivity index (χ4n) is 2.48. The fourth-order valence-corrected chi connectivity index (χ4v) is 2.48. The number of aliphatic imine (C=N–C) groups is 1. The number of benzene rings is 1. The van der Waals surface area contributed by atoms with E-state index in [4.69, 9.17) is 9.15 Å². The van der Waals surface area contributed by atoms with Gasteiger partial charge in [0, 0.05) is 6.21 Å². The van der Waals surface area contributed by atoms with Crippen LogP contribution in [-0.2, 0) is 16.1 Å². The Balaban J connectivity index is 1.77. The number of rotatable bonds is 6. The van der Waals surface area contributed by atoms with E-state index in [9.17, 15) is 14.4 Å². The summed E-state index contributed by atoms with van der Waals surface area (Å²) >= 11 is 0. The van der Waals surface area contributed by atoms with Crippen LogP contribution in [0.5, 0.6) is 5.75 Å². The van der Waals surface area contributed by atoms with Crippen molar-refractivity contribution in [2.75, 3.05) is 11.5 Å². The third-order valence-corrected chi connectivity index (χ3v) is 3.69. The summed E-state index contributed by atoms with van der Waals surface area (Å²) in [6.45, 7) is 2.56. The number of carbonyl (C=O) groups excluding carboxylic acids is 3.